The van der Waals surface area contributed by atoms with Gasteiger partial charge in [-0.25, -0.2) is 4.39 Å². The van der Waals surface area contributed by atoms with Crippen LogP contribution in [0.5, 0.6) is 0 Å². The van der Waals surface area contributed by atoms with E-state index in [0.717, 1.165) is 25.2 Å². The normalized spacial score (nSPS) is 19.2. The van der Waals surface area contributed by atoms with Crippen LogP contribution in [0.2, 0.25) is 0 Å². The minimum Gasteiger partial charge on any atom is -0.351 e. The van der Waals surface area contributed by atoms with E-state index in [4.69, 9.17) is 0 Å². The van der Waals surface area contributed by atoms with Crippen LogP contribution in [0, 0.1) is 5.82 Å². The van der Waals surface area contributed by atoms with Gasteiger partial charge in [-0.05, 0) is 54.8 Å². The van der Waals surface area contributed by atoms with Gasteiger partial charge in [0, 0.05) is 25.2 Å². The molecule has 1 saturated heterocycles. The smallest absolute Gasteiger partial charge is 0.228 e. The lowest BCUT2D eigenvalue weighted by atomic mass is 9.89. The summed E-state index contributed by atoms with van der Waals surface area (Å²) >= 11 is 0. The Balaban J connectivity index is 1.37. The fourth-order valence-corrected chi connectivity index (χ4v) is 3.94. The van der Waals surface area contributed by atoms with E-state index >= 15 is 0 Å². The Hall–Kier alpha value is -2.73. The molecule has 4 rings (SSSR count). The number of carbonyl (C=O) groups excluding carboxylic acids is 2. The van der Waals surface area contributed by atoms with Gasteiger partial charge in [0.15, 0.2) is 0 Å². The number of halogens is 1. The Kier molecular flexibility index (Phi) is 5.39. The predicted octanol–water partition coefficient (Wildman–Crippen LogP) is 3.16. The second-order valence-electron chi connectivity index (χ2n) is 7.55. The van der Waals surface area contributed by atoms with Gasteiger partial charge in [-0.3, -0.25) is 14.5 Å². The molecule has 5 nitrogen and oxygen atoms in total. The lowest BCUT2D eigenvalue weighted by Crippen LogP contribution is -2.34. The lowest BCUT2D eigenvalue weighted by Gasteiger charge is -2.25. The first-order valence-corrected chi connectivity index (χ1v) is 9.76. The van der Waals surface area contributed by atoms with Gasteiger partial charge in [-0.2, -0.15) is 0 Å². The Morgan fingerprint density at radius 3 is 2.57 bits per heavy atom. The summed E-state index contributed by atoms with van der Waals surface area (Å²) < 4.78 is 13.4. The highest BCUT2D eigenvalue weighted by Crippen LogP contribution is 2.32. The van der Waals surface area contributed by atoms with Crippen LogP contribution in [-0.2, 0) is 22.7 Å². The van der Waals surface area contributed by atoms with Gasteiger partial charge in [0.25, 0.3) is 0 Å². The molecule has 0 bridgehead atoms. The fraction of sp³-hybridized carbons (Fsp3) is 0.364. The van der Waals surface area contributed by atoms with Gasteiger partial charge in [-0.15, -0.1) is 0 Å². The van der Waals surface area contributed by atoms with Crippen molar-refractivity contribution in [1.29, 1.82) is 0 Å². The molecule has 0 radical (unpaired) electrons. The molecule has 0 aliphatic carbocycles. The number of nitrogens with one attached hydrogen (secondary N) is 2. The predicted molar refractivity (Wildman–Crippen MR) is 105 cm³/mol. The van der Waals surface area contributed by atoms with E-state index in [1.165, 1.54) is 30.5 Å². The standard InChI is InChI=1S/C22H24FN3O2/c23-17-7-8-18-19(12-21(27)25-20(18)11-17)22(28)24-13-15-3-5-16(6-4-15)14-26-9-1-2-10-26/h3-8,11,19H,1-2,9-10,12-14H2,(H,24,28)(H,25,27). The van der Waals surface area contributed by atoms with Crippen molar-refractivity contribution in [2.75, 3.05) is 18.4 Å². The monoisotopic (exact) mass is 381 g/mol. The third kappa shape index (κ3) is 4.22. The van der Waals surface area contributed by atoms with Gasteiger partial charge in [0.05, 0.1) is 5.92 Å². The Morgan fingerprint density at radius 1 is 1.11 bits per heavy atom. The average Bonchev–Trinajstić information content (AvgIpc) is 3.19. The summed E-state index contributed by atoms with van der Waals surface area (Å²) in [6.07, 6.45) is 2.62. The molecule has 2 heterocycles. The van der Waals surface area contributed by atoms with E-state index in [2.05, 4.69) is 27.7 Å². The summed E-state index contributed by atoms with van der Waals surface area (Å²) in [5.41, 5.74) is 3.32. The highest BCUT2D eigenvalue weighted by atomic mass is 19.1. The largest absolute Gasteiger partial charge is 0.351 e. The molecular formula is C22H24FN3O2. The van der Waals surface area contributed by atoms with Gasteiger partial charge in [0.1, 0.15) is 5.82 Å². The Morgan fingerprint density at radius 2 is 1.82 bits per heavy atom. The van der Waals surface area contributed by atoms with Crippen molar-refractivity contribution in [2.45, 2.75) is 38.3 Å². The van der Waals surface area contributed by atoms with E-state index in [-0.39, 0.29) is 18.2 Å². The zero-order valence-corrected chi connectivity index (χ0v) is 15.7. The first-order chi connectivity index (χ1) is 13.6. The second kappa shape index (κ2) is 8.10. The summed E-state index contributed by atoms with van der Waals surface area (Å²) in [4.78, 5) is 27.0. The van der Waals surface area contributed by atoms with Crippen LogP contribution in [0.1, 0.15) is 41.9 Å². The van der Waals surface area contributed by atoms with Crippen molar-refractivity contribution in [3.63, 3.8) is 0 Å². The molecular weight excluding hydrogens is 357 g/mol. The number of anilines is 1. The molecule has 6 heteroatoms. The number of rotatable bonds is 5. The van der Waals surface area contributed by atoms with E-state index in [0.29, 0.717) is 17.8 Å². The minimum atomic E-state index is -0.598. The number of nitrogens with zero attached hydrogens (tertiary/aromatic N) is 1. The number of benzene rings is 2. The summed E-state index contributed by atoms with van der Waals surface area (Å²) in [5.74, 6) is -1.53. The molecule has 2 aromatic carbocycles. The maximum absolute atomic E-state index is 13.4. The van der Waals surface area contributed by atoms with Crippen LogP contribution in [-0.4, -0.2) is 29.8 Å². The summed E-state index contributed by atoms with van der Waals surface area (Å²) in [7, 11) is 0. The van der Waals surface area contributed by atoms with Crippen molar-refractivity contribution in [2.24, 2.45) is 0 Å². The minimum absolute atomic E-state index is 0.0687. The van der Waals surface area contributed by atoms with E-state index in [9.17, 15) is 14.0 Å². The highest BCUT2D eigenvalue weighted by Gasteiger charge is 2.30. The molecule has 0 saturated carbocycles. The molecule has 0 spiro atoms. The summed E-state index contributed by atoms with van der Waals surface area (Å²) in [6.45, 7) is 3.70. The molecule has 0 aromatic heterocycles. The zero-order valence-electron chi connectivity index (χ0n) is 15.7. The summed E-state index contributed by atoms with van der Waals surface area (Å²) in [5, 5.41) is 5.55. The highest BCUT2D eigenvalue weighted by molar-refractivity contribution is 6.01. The van der Waals surface area contributed by atoms with Crippen LogP contribution in [0.15, 0.2) is 42.5 Å². The number of likely N-dealkylation sites (tertiary alicyclic amines) is 1. The second-order valence-corrected chi connectivity index (χ2v) is 7.55. The van der Waals surface area contributed by atoms with E-state index in [1.54, 1.807) is 6.07 Å². The molecule has 2 aliphatic rings. The van der Waals surface area contributed by atoms with Gasteiger partial charge in [0.2, 0.25) is 11.8 Å². The maximum atomic E-state index is 13.4. The van der Waals surface area contributed by atoms with Crippen LogP contribution in [0.25, 0.3) is 0 Å². The first-order valence-electron chi connectivity index (χ1n) is 9.76. The maximum Gasteiger partial charge on any atom is 0.228 e. The average molecular weight is 381 g/mol. The quantitative estimate of drug-likeness (QED) is 0.836. The van der Waals surface area contributed by atoms with Gasteiger partial charge < -0.3 is 10.6 Å². The Labute approximate surface area is 163 Å². The molecule has 1 fully saturated rings. The van der Waals surface area contributed by atoms with Crippen molar-refractivity contribution in [3.8, 4) is 0 Å². The molecule has 2 amide bonds. The van der Waals surface area contributed by atoms with Crippen molar-refractivity contribution < 1.29 is 14.0 Å². The molecule has 2 aliphatic heterocycles. The number of carbonyl (C=O) groups is 2. The Bertz CT molecular complexity index is 876. The van der Waals surface area contributed by atoms with Crippen molar-refractivity contribution in [3.05, 3.63) is 65.0 Å². The van der Waals surface area contributed by atoms with Crippen LogP contribution in [0.4, 0.5) is 10.1 Å². The number of fused-ring (bicyclic) bond motifs is 1. The van der Waals surface area contributed by atoms with Crippen LogP contribution in [0.3, 0.4) is 0 Å². The molecule has 146 valence electrons. The third-order valence-electron chi connectivity index (χ3n) is 5.47. The van der Waals surface area contributed by atoms with Gasteiger partial charge >= 0.3 is 0 Å². The number of hydrogen-bond donors (Lipinski definition) is 2. The molecule has 28 heavy (non-hydrogen) atoms. The lowest BCUT2D eigenvalue weighted by molar-refractivity contribution is -0.126. The van der Waals surface area contributed by atoms with E-state index < -0.39 is 11.7 Å². The molecule has 1 atom stereocenters. The summed E-state index contributed by atoms with van der Waals surface area (Å²) in [6, 6.07) is 12.4. The fourth-order valence-electron chi connectivity index (χ4n) is 3.94. The van der Waals surface area contributed by atoms with Crippen LogP contribution >= 0.6 is 0 Å². The number of hydrogen-bond acceptors (Lipinski definition) is 3. The first kappa shape index (κ1) is 18.6. The third-order valence-corrected chi connectivity index (χ3v) is 5.47. The number of amides is 2. The van der Waals surface area contributed by atoms with E-state index in [1.807, 2.05) is 12.1 Å². The van der Waals surface area contributed by atoms with Crippen molar-refractivity contribution >= 4 is 17.5 Å². The van der Waals surface area contributed by atoms with Gasteiger partial charge in [-0.1, -0.05) is 30.3 Å². The molecule has 2 N–H and O–H groups in total. The molecule has 1 unspecified atom stereocenters. The van der Waals surface area contributed by atoms with Crippen molar-refractivity contribution in [1.82, 2.24) is 10.2 Å². The topological polar surface area (TPSA) is 61.4 Å². The zero-order chi connectivity index (χ0) is 19.5. The molecule has 2 aromatic rings. The SMILES string of the molecule is O=C1CC(C(=O)NCc2ccc(CN3CCCC3)cc2)c2ccc(F)cc2N1. The van der Waals surface area contributed by atoms with Crippen LogP contribution < -0.4 is 10.6 Å².